The van der Waals surface area contributed by atoms with Crippen LogP contribution in [0.4, 0.5) is 27.6 Å². The summed E-state index contributed by atoms with van der Waals surface area (Å²) in [4.78, 5) is 9.21. The molecule has 0 N–H and O–H groups in total. The van der Waals surface area contributed by atoms with Gasteiger partial charge in [-0.15, -0.1) is 0 Å². The van der Waals surface area contributed by atoms with Gasteiger partial charge in [0.2, 0.25) is 0 Å². The van der Waals surface area contributed by atoms with Gasteiger partial charge in [0.15, 0.2) is 11.6 Å². The van der Waals surface area contributed by atoms with Crippen molar-refractivity contribution in [1.29, 1.82) is 0 Å². The molecule has 0 aliphatic carbocycles. The molecule has 17 heavy (non-hydrogen) atoms. The van der Waals surface area contributed by atoms with Crippen LogP contribution in [0.3, 0.4) is 0 Å². The summed E-state index contributed by atoms with van der Waals surface area (Å²) in [5.74, 6) is -2.72. The number of non-ortho nitro benzene ring substituents is 1. The Bertz CT molecular complexity index is 437. The maximum absolute atomic E-state index is 13.0. The monoisotopic (exact) mass is 257 g/mol. The van der Waals surface area contributed by atoms with Crippen molar-refractivity contribution in [3.05, 3.63) is 34.1 Å². The summed E-state index contributed by atoms with van der Waals surface area (Å²) in [6.07, 6.45) is -9.01. The number of nitrogens with zero attached hydrogens (tertiary/aromatic N) is 1. The molecule has 0 aliphatic heterocycles. The van der Waals surface area contributed by atoms with Crippen LogP contribution in [0, 0.1) is 15.9 Å². The Morgan fingerprint density at radius 1 is 1.35 bits per heavy atom. The van der Waals surface area contributed by atoms with Crippen LogP contribution >= 0.6 is 0 Å². The average molecular weight is 257 g/mol. The lowest BCUT2D eigenvalue weighted by Gasteiger charge is -2.16. The molecule has 0 heterocycles. The predicted octanol–water partition coefficient (Wildman–Crippen LogP) is 2.97. The molecule has 0 bridgehead atoms. The number of ether oxygens (including phenoxy) is 1. The smallest absolute Gasteiger partial charge is 0.425 e. The van der Waals surface area contributed by atoms with Crippen molar-refractivity contribution in [3.63, 3.8) is 0 Å². The molecule has 94 valence electrons. The second kappa shape index (κ2) is 4.52. The predicted molar refractivity (Wildman–Crippen MR) is 44.6 cm³/mol. The summed E-state index contributed by atoms with van der Waals surface area (Å²) in [5.41, 5.74) is -0.713. The maximum atomic E-state index is 13.0. The van der Waals surface area contributed by atoms with E-state index in [1.165, 1.54) is 0 Å². The van der Waals surface area contributed by atoms with Crippen molar-refractivity contribution in [3.8, 4) is 5.75 Å². The first kappa shape index (κ1) is 13.1. The Morgan fingerprint density at radius 2 is 1.94 bits per heavy atom. The molecule has 0 saturated heterocycles. The molecule has 0 unspecified atom stereocenters. The fourth-order valence-electron chi connectivity index (χ4n) is 0.877. The molecule has 0 saturated carbocycles. The Hall–Kier alpha value is -1.93. The molecule has 0 spiro atoms. The third-order valence-electron chi connectivity index (χ3n) is 1.63. The molecule has 1 rings (SSSR count). The highest BCUT2D eigenvalue weighted by Crippen LogP contribution is 2.30. The fraction of sp³-hybridized carbons (Fsp3) is 0.250. The van der Waals surface area contributed by atoms with E-state index in [9.17, 15) is 32.1 Å². The Kier molecular flexibility index (Phi) is 3.49. The molecule has 9 heteroatoms. The zero-order valence-electron chi connectivity index (χ0n) is 7.87. The molecule has 1 aromatic carbocycles. The van der Waals surface area contributed by atoms with E-state index in [4.69, 9.17) is 0 Å². The minimum absolute atomic E-state index is 0.289. The Balaban J connectivity index is 2.98. The maximum Gasteiger partial charge on any atom is 0.461 e. The van der Waals surface area contributed by atoms with E-state index in [2.05, 4.69) is 4.74 Å². The van der Waals surface area contributed by atoms with Gasteiger partial charge in [0, 0.05) is 6.07 Å². The lowest BCUT2D eigenvalue weighted by atomic mass is 10.3. The molecule has 0 atom stereocenters. The van der Waals surface area contributed by atoms with E-state index >= 15 is 0 Å². The first-order valence-corrected chi connectivity index (χ1v) is 4.03. The van der Waals surface area contributed by atoms with Gasteiger partial charge < -0.3 is 4.74 Å². The van der Waals surface area contributed by atoms with Crippen molar-refractivity contribution >= 4 is 5.69 Å². The summed E-state index contributed by atoms with van der Waals surface area (Å²) >= 11 is 0. The first-order chi connectivity index (χ1) is 7.74. The quantitative estimate of drug-likeness (QED) is 0.473. The van der Waals surface area contributed by atoms with E-state index in [-0.39, 0.29) is 6.07 Å². The molecule has 0 amide bonds. The van der Waals surface area contributed by atoms with Crippen LogP contribution in [0.15, 0.2) is 18.2 Å². The largest absolute Gasteiger partial charge is 0.461 e. The molecular formula is C8H4F5NO3. The number of halogens is 5. The van der Waals surface area contributed by atoms with E-state index in [1.807, 2.05) is 0 Å². The number of hydrogen-bond acceptors (Lipinski definition) is 3. The van der Waals surface area contributed by atoms with Gasteiger partial charge in [-0.25, -0.2) is 4.39 Å². The van der Waals surface area contributed by atoms with Gasteiger partial charge >= 0.3 is 12.5 Å². The average Bonchev–Trinajstić information content (AvgIpc) is 2.20. The van der Waals surface area contributed by atoms with Gasteiger partial charge in [0.1, 0.15) is 0 Å². The second-order valence-electron chi connectivity index (χ2n) is 2.84. The van der Waals surface area contributed by atoms with Gasteiger partial charge in [-0.1, -0.05) is 0 Å². The Morgan fingerprint density at radius 3 is 2.35 bits per heavy atom. The topological polar surface area (TPSA) is 52.4 Å². The van der Waals surface area contributed by atoms with Crippen molar-refractivity contribution < 1.29 is 31.6 Å². The number of alkyl halides is 4. The molecule has 1 aromatic rings. The van der Waals surface area contributed by atoms with Crippen molar-refractivity contribution in [2.75, 3.05) is 0 Å². The molecule has 0 fully saturated rings. The van der Waals surface area contributed by atoms with Crippen LogP contribution < -0.4 is 4.74 Å². The van der Waals surface area contributed by atoms with E-state index < -0.39 is 34.7 Å². The van der Waals surface area contributed by atoms with E-state index in [0.717, 1.165) is 0 Å². The highest BCUT2D eigenvalue weighted by Gasteiger charge is 2.44. The van der Waals surface area contributed by atoms with Crippen LogP contribution in [-0.4, -0.2) is 17.5 Å². The van der Waals surface area contributed by atoms with Crippen molar-refractivity contribution in [2.24, 2.45) is 0 Å². The molecule has 0 aliphatic rings. The van der Waals surface area contributed by atoms with E-state index in [1.54, 1.807) is 0 Å². The number of nitro groups is 1. The standard InChI is InChI=1S/C8H4F5NO3/c9-5-3-4(14(15)16)1-2-6(5)17-8(12,13)7(10)11/h1-3,7H. The zero-order chi connectivity index (χ0) is 13.2. The zero-order valence-corrected chi connectivity index (χ0v) is 7.87. The first-order valence-electron chi connectivity index (χ1n) is 4.03. The highest BCUT2D eigenvalue weighted by atomic mass is 19.3. The van der Waals surface area contributed by atoms with Crippen LogP contribution in [0.2, 0.25) is 0 Å². The lowest BCUT2D eigenvalue weighted by molar-refractivity contribution is -0.385. The SMILES string of the molecule is O=[N+]([O-])c1ccc(OC(F)(F)C(F)F)c(F)c1. The van der Waals surface area contributed by atoms with Crippen LogP contribution in [0.1, 0.15) is 0 Å². The number of nitro benzene ring substituents is 1. The van der Waals surface area contributed by atoms with Crippen LogP contribution in [0.25, 0.3) is 0 Å². The summed E-state index contributed by atoms with van der Waals surface area (Å²) < 4.78 is 64.7. The third kappa shape index (κ3) is 3.02. The molecular weight excluding hydrogens is 253 g/mol. The third-order valence-corrected chi connectivity index (χ3v) is 1.63. The number of benzene rings is 1. The van der Waals surface area contributed by atoms with E-state index in [0.29, 0.717) is 12.1 Å². The fourth-order valence-corrected chi connectivity index (χ4v) is 0.877. The molecule has 0 radical (unpaired) electrons. The van der Waals surface area contributed by atoms with Gasteiger partial charge in [-0.2, -0.15) is 17.6 Å². The minimum Gasteiger partial charge on any atom is -0.425 e. The summed E-state index contributed by atoms with van der Waals surface area (Å²) in [6.45, 7) is 0. The normalized spacial score (nSPS) is 11.6. The van der Waals surface area contributed by atoms with Crippen molar-refractivity contribution in [2.45, 2.75) is 12.5 Å². The van der Waals surface area contributed by atoms with Gasteiger partial charge in [-0.3, -0.25) is 10.1 Å². The summed E-state index contributed by atoms with van der Waals surface area (Å²) in [7, 11) is 0. The van der Waals surface area contributed by atoms with Crippen LogP contribution in [0.5, 0.6) is 5.75 Å². The van der Waals surface area contributed by atoms with Crippen molar-refractivity contribution in [1.82, 2.24) is 0 Å². The molecule has 0 aromatic heterocycles. The highest BCUT2D eigenvalue weighted by molar-refractivity contribution is 5.37. The van der Waals surface area contributed by atoms with Crippen LogP contribution in [-0.2, 0) is 0 Å². The Labute approximate surface area is 90.8 Å². The van der Waals surface area contributed by atoms with Gasteiger partial charge in [-0.05, 0) is 6.07 Å². The molecule has 4 nitrogen and oxygen atoms in total. The van der Waals surface area contributed by atoms with Gasteiger partial charge in [0.05, 0.1) is 11.0 Å². The van der Waals surface area contributed by atoms with Gasteiger partial charge in [0.25, 0.3) is 5.69 Å². The number of rotatable bonds is 4. The summed E-state index contributed by atoms with van der Waals surface area (Å²) in [6, 6.07) is 1.42. The lowest BCUT2D eigenvalue weighted by Crippen LogP contribution is -2.33. The second-order valence-corrected chi connectivity index (χ2v) is 2.84. The summed E-state index contributed by atoms with van der Waals surface area (Å²) in [5, 5.41) is 10.2. The number of hydrogen-bond donors (Lipinski definition) is 0. The minimum atomic E-state index is -4.86.